The Morgan fingerprint density at radius 3 is 1.96 bits per heavy atom. The molecule has 0 fully saturated rings. The van der Waals surface area contributed by atoms with Crippen LogP contribution < -0.4 is 10.5 Å². The molecule has 0 aliphatic rings. The Bertz CT molecular complexity index is 715. The molecule has 10 heteroatoms. The van der Waals surface area contributed by atoms with Gasteiger partial charge in [-0.1, -0.05) is 23.7 Å². The lowest BCUT2D eigenvalue weighted by Gasteiger charge is -2.17. The lowest BCUT2D eigenvalue weighted by Crippen LogP contribution is -2.17. The van der Waals surface area contributed by atoms with Crippen LogP contribution in [-0.2, 0) is 6.18 Å². The molecule has 0 radical (unpaired) electrons. The molecule has 0 saturated carbocycles. The number of nitrogens with two attached hydrogens (primary N) is 1. The van der Waals surface area contributed by atoms with Crippen LogP contribution in [0.2, 0.25) is 5.02 Å². The maximum atomic E-state index is 12.8. The first-order valence-electron chi connectivity index (χ1n) is 6.45. The summed E-state index contributed by atoms with van der Waals surface area (Å²) >= 11 is 5.89. The number of halogens is 8. The highest BCUT2D eigenvalue weighted by Gasteiger charge is 2.32. The molecule has 0 bridgehead atoms. The van der Waals surface area contributed by atoms with E-state index in [1.165, 1.54) is 12.1 Å². The van der Waals surface area contributed by atoms with Gasteiger partial charge in [-0.05, 0) is 41.5 Å². The van der Waals surface area contributed by atoms with E-state index in [1.807, 2.05) is 0 Å². The molecule has 2 aromatic carbocycles. The minimum Gasteiger partial charge on any atom is -0.406 e. The Labute approximate surface area is 149 Å². The highest BCUT2D eigenvalue weighted by atomic mass is 35.5. The molecule has 0 heterocycles. The number of hydrogen-bond acceptors (Lipinski definition) is 2. The lowest BCUT2D eigenvalue weighted by molar-refractivity contribution is -0.274. The molecule has 0 spiro atoms. The van der Waals surface area contributed by atoms with Crippen molar-refractivity contribution in [2.24, 2.45) is 5.73 Å². The molecule has 2 N–H and O–H groups in total. The van der Waals surface area contributed by atoms with Gasteiger partial charge in [0.25, 0.3) is 0 Å². The van der Waals surface area contributed by atoms with Gasteiger partial charge in [-0.25, -0.2) is 0 Å². The highest BCUT2D eigenvalue weighted by molar-refractivity contribution is 6.31. The predicted molar refractivity (Wildman–Crippen MR) is 82.9 cm³/mol. The molecule has 2 aromatic rings. The first-order chi connectivity index (χ1) is 11.0. The van der Waals surface area contributed by atoms with E-state index in [1.54, 1.807) is 0 Å². The third-order valence-corrected chi connectivity index (χ3v) is 3.48. The summed E-state index contributed by atoms with van der Waals surface area (Å²) in [4.78, 5) is 0. The van der Waals surface area contributed by atoms with Crippen LogP contribution in [0.25, 0.3) is 0 Å². The average molecular weight is 406 g/mol. The summed E-state index contributed by atoms with van der Waals surface area (Å²) in [5, 5.41) is 0.0196. The Morgan fingerprint density at radius 1 is 0.920 bits per heavy atom. The third-order valence-electron chi connectivity index (χ3n) is 3.13. The van der Waals surface area contributed by atoms with Crippen molar-refractivity contribution in [2.75, 3.05) is 0 Å². The van der Waals surface area contributed by atoms with Gasteiger partial charge in [0.15, 0.2) is 0 Å². The highest BCUT2D eigenvalue weighted by Crippen LogP contribution is 2.35. The number of benzene rings is 2. The van der Waals surface area contributed by atoms with Crippen molar-refractivity contribution in [3.63, 3.8) is 0 Å². The van der Waals surface area contributed by atoms with Crippen molar-refractivity contribution in [2.45, 2.75) is 18.6 Å². The van der Waals surface area contributed by atoms with Gasteiger partial charge in [-0.3, -0.25) is 0 Å². The van der Waals surface area contributed by atoms with Gasteiger partial charge in [0, 0.05) is 5.02 Å². The summed E-state index contributed by atoms with van der Waals surface area (Å²) in [6, 6.07) is 6.14. The van der Waals surface area contributed by atoms with E-state index in [-0.39, 0.29) is 28.6 Å². The second-order valence-electron chi connectivity index (χ2n) is 4.83. The van der Waals surface area contributed by atoms with Crippen molar-refractivity contribution >= 4 is 24.0 Å². The summed E-state index contributed by atoms with van der Waals surface area (Å²) in [5.41, 5.74) is 5.26. The first-order valence-corrected chi connectivity index (χ1v) is 6.83. The van der Waals surface area contributed by atoms with E-state index in [0.29, 0.717) is 0 Å². The van der Waals surface area contributed by atoms with Crippen LogP contribution in [0.3, 0.4) is 0 Å². The normalized spacial score (nSPS) is 13.1. The standard InChI is InChI=1S/C15H10ClF6NO.ClH/c16-12-6-3-9(14(17,18)19)7-11(12)13(23)8-1-4-10(5-2-8)24-15(20,21)22;/h1-7,13H,23H2;1H/t13-;/m0./s1. The molecule has 2 rings (SSSR count). The zero-order valence-corrected chi connectivity index (χ0v) is 13.7. The molecule has 138 valence electrons. The van der Waals surface area contributed by atoms with E-state index in [4.69, 9.17) is 17.3 Å². The summed E-state index contributed by atoms with van der Waals surface area (Å²) in [5.74, 6) is -0.464. The van der Waals surface area contributed by atoms with E-state index in [9.17, 15) is 26.3 Å². The van der Waals surface area contributed by atoms with E-state index in [2.05, 4.69) is 4.74 Å². The van der Waals surface area contributed by atoms with E-state index >= 15 is 0 Å². The van der Waals surface area contributed by atoms with E-state index < -0.39 is 29.9 Å². The maximum absolute atomic E-state index is 12.8. The molecule has 0 saturated heterocycles. The van der Waals surface area contributed by atoms with Gasteiger partial charge in [-0.2, -0.15) is 13.2 Å². The van der Waals surface area contributed by atoms with Crippen LogP contribution in [0.5, 0.6) is 5.75 Å². The van der Waals surface area contributed by atoms with Crippen molar-refractivity contribution in [1.82, 2.24) is 0 Å². The summed E-state index contributed by atoms with van der Waals surface area (Å²) in [6.45, 7) is 0. The van der Waals surface area contributed by atoms with Crippen molar-refractivity contribution in [3.8, 4) is 5.75 Å². The number of rotatable bonds is 3. The fraction of sp³-hybridized carbons (Fsp3) is 0.200. The Morgan fingerprint density at radius 2 is 1.48 bits per heavy atom. The molecular weight excluding hydrogens is 395 g/mol. The van der Waals surface area contributed by atoms with Crippen molar-refractivity contribution < 1.29 is 31.1 Å². The largest absolute Gasteiger partial charge is 0.573 e. The number of hydrogen-bond donors (Lipinski definition) is 1. The second kappa shape index (κ2) is 7.72. The SMILES string of the molecule is Cl.N[C@@H](c1ccc(OC(F)(F)F)cc1)c1cc(C(F)(F)F)ccc1Cl. The molecule has 0 amide bonds. The summed E-state index contributed by atoms with van der Waals surface area (Å²) < 4.78 is 78.3. The van der Waals surface area contributed by atoms with Gasteiger partial charge in [0.1, 0.15) is 5.75 Å². The Balaban J connectivity index is 0.00000312. The minimum atomic E-state index is -4.84. The Hall–Kier alpha value is -1.64. The molecule has 0 unspecified atom stereocenters. The van der Waals surface area contributed by atoms with Gasteiger partial charge in [0.05, 0.1) is 11.6 Å². The lowest BCUT2D eigenvalue weighted by atomic mass is 9.97. The van der Waals surface area contributed by atoms with Crippen molar-refractivity contribution in [3.05, 3.63) is 64.2 Å². The van der Waals surface area contributed by atoms with Gasteiger partial charge in [-0.15, -0.1) is 25.6 Å². The van der Waals surface area contributed by atoms with Crippen LogP contribution in [0.1, 0.15) is 22.7 Å². The van der Waals surface area contributed by atoms with Gasteiger partial charge < -0.3 is 10.5 Å². The number of alkyl halides is 6. The van der Waals surface area contributed by atoms with Crippen molar-refractivity contribution in [1.29, 1.82) is 0 Å². The van der Waals surface area contributed by atoms with Crippen LogP contribution in [0, 0.1) is 0 Å². The molecule has 0 aromatic heterocycles. The minimum absolute atomic E-state index is 0. The predicted octanol–water partition coefficient (Wildman–Crippen LogP) is 5.73. The second-order valence-corrected chi connectivity index (χ2v) is 5.24. The van der Waals surface area contributed by atoms with Crippen LogP contribution in [0.15, 0.2) is 42.5 Å². The smallest absolute Gasteiger partial charge is 0.406 e. The monoisotopic (exact) mass is 405 g/mol. The fourth-order valence-electron chi connectivity index (χ4n) is 2.01. The molecule has 1 atom stereocenters. The van der Waals surface area contributed by atoms with E-state index in [0.717, 1.165) is 30.3 Å². The molecule has 25 heavy (non-hydrogen) atoms. The number of ether oxygens (including phenoxy) is 1. The zero-order chi connectivity index (χ0) is 18.1. The van der Waals surface area contributed by atoms with Crippen LogP contribution in [-0.4, -0.2) is 6.36 Å². The third kappa shape index (κ3) is 5.69. The van der Waals surface area contributed by atoms with Gasteiger partial charge >= 0.3 is 12.5 Å². The summed E-state index contributed by atoms with van der Waals surface area (Å²) in [6.07, 6.45) is -9.41. The molecular formula is C15H11Cl2F6NO. The average Bonchev–Trinajstić information content (AvgIpc) is 2.45. The fourth-order valence-corrected chi connectivity index (χ4v) is 2.25. The summed E-state index contributed by atoms with van der Waals surface area (Å²) in [7, 11) is 0. The first kappa shape index (κ1) is 21.4. The van der Waals surface area contributed by atoms with Gasteiger partial charge in [0.2, 0.25) is 0 Å². The molecule has 2 nitrogen and oxygen atoms in total. The van der Waals surface area contributed by atoms with Crippen LogP contribution >= 0.6 is 24.0 Å². The quantitative estimate of drug-likeness (QED) is 0.662. The molecule has 0 aliphatic carbocycles. The zero-order valence-electron chi connectivity index (χ0n) is 12.2. The Kier molecular flexibility index (Phi) is 6.61. The molecule has 0 aliphatic heterocycles. The van der Waals surface area contributed by atoms with Crippen LogP contribution in [0.4, 0.5) is 26.3 Å². The maximum Gasteiger partial charge on any atom is 0.573 e. The topological polar surface area (TPSA) is 35.2 Å².